The minimum absolute atomic E-state index is 0.0611. The van der Waals surface area contributed by atoms with Crippen molar-refractivity contribution in [1.29, 1.82) is 0 Å². The summed E-state index contributed by atoms with van der Waals surface area (Å²) >= 11 is 0. The van der Waals surface area contributed by atoms with Gasteiger partial charge >= 0.3 is 5.97 Å². The Morgan fingerprint density at radius 2 is 1.56 bits per heavy atom. The molecule has 3 rings (SSSR count). The Balaban J connectivity index is 1.94. The maximum atomic E-state index is 11.9. The summed E-state index contributed by atoms with van der Waals surface area (Å²) < 4.78 is 12.4. The third-order valence-corrected chi connectivity index (χ3v) is 7.41. The van der Waals surface area contributed by atoms with Gasteiger partial charge in [0.1, 0.15) is 6.10 Å². The Labute approximate surface area is 162 Å². The van der Waals surface area contributed by atoms with Crippen molar-refractivity contribution in [2.24, 2.45) is 5.41 Å². The third kappa shape index (κ3) is 5.06. The van der Waals surface area contributed by atoms with E-state index in [1.165, 1.54) is 10.4 Å². The van der Waals surface area contributed by atoms with Gasteiger partial charge in [-0.3, -0.25) is 4.79 Å². The van der Waals surface area contributed by atoms with Crippen molar-refractivity contribution in [3.63, 3.8) is 0 Å². The van der Waals surface area contributed by atoms with Gasteiger partial charge in [-0.15, -0.1) is 0 Å². The van der Waals surface area contributed by atoms with Gasteiger partial charge in [0.2, 0.25) is 9.04 Å². The second-order valence-corrected chi connectivity index (χ2v) is 10.6. The standard InChI is InChI=1S/C22H28O4Si/c1-22(2,3)21(19-14-16(23)15-20(24)25-19)26-27(17-10-6-4-7-11-17)18-12-8-5-9-13-18/h4-13,16,19,21,23,27H,14-15H2,1-3H3/t16-,19+,21?/m1/s1. The Morgan fingerprint density at radius 3 is 2.00 bits per heavy atom. The van der Waals surface area contributed by atoms with E-state index in [0.29, 0.717) is 6.42 Å². The van der Waals surface area contributed by atoms with Gasteiger partial charge in [-0.05, 0) is 15.8 Å². The highest BCUT2D eigenvalue weighted by Crippen LogP contribution is 2.31. The fourth-order valence-corrected chi connectivity index (χ4v) is 6.32. The summed E-state index contributed by atoms with van der Waals surface area (Å²) in [6.45, 7) is 6.27. The molecule has 1 unspecified atom stereocenters. The van der Waals surface area contributed by atoms with E-state index in [-0.39, 0.29) is 23.9 Å². The van der Waals surface area contributed by atoms with Crippen LogP contribution in [0.25, 0.3) is 0 Å². The first kappa shape index (κ1) is 19.8. The zero-order valence-electron chi connectivity index (χ0n) is 16.2. The first-order chi connectivity index (χ1) is 12.8. The highest BCUT2D eigenvalue weighted by atomic mass is 28.3. The van der Waals surface area contributed by atoms with E-state index in [4.69, 9.17) is 9.16 Å². The molecule has 1 aliphatic rings. The van der Waals surface area contributed by atoms with E-state index in [9.17, 15) is 9.90 Å². The summed E-state index contributed by atoms with van der Waals surface area (Å²) in [5, 5.41) is 12.5. The quantitative estimate of drug-likeness (QED) is 0.633. The van der Waals surface area contributed by atoms with Crippen molar-refractivity contribution in [1.82, 2.24) is 0 Å². The van der Waals surface area contributed by atoms with Gasteiger partial charge in [-0.1, -0.05) is 81.4 Å². The summed E-state index contributed by atoms with van der Waals surface area (Å²) in [6, 6.07) is 20.5. The molecule has 0 bridgehead atoms. The molecule has 27 heavy (non-hydrogen) atoms. The van der Waals surface area contributed by atoms with Crippen molar-refractivity contribution >= 4 is 25.4 Å². The molecule has 1 fully saturated rings. The van der Waals surface area contributed by atoms with Gasteiger partial charge in [-0.2, -0.15) is 0 Å². The Hall–Kier alpha value is -1.95. The number of hydrogen-bond acceptors (Lipinski definition) is 4. The van der Waals surface area contributed by atoms with E-state index < -0.39 is 21.2 Å². The molecule has 0 amide bonds. The molecule has 0 aromatic heterocycles. The average Bonchev–Trinajstić information content (AvgIpc) is 2.62. The van der Waals surface area contributed by atoms with Crippen LogP contribution < -0.4 is 10.4 Å². The lowest BCUT2D eigenvalue weighted by molar-refractivity contribution is -0.172. The third-order valence-electron chi connectivity index (χ3n) is 4.87. The second kappa shape index (κ2) is 8.38. The topological polar surface area (TPSA) is 55.8 Å². The summed E-state index contributed by atoms with van der Waals surface area (Å²) in [4.78, 5) is 11.9. The van der Waals surface area contributed by atoms with E-state index >= 15 is 0 Å². The van der Waals surface area contributed by atoms with E-state index in [0.717, 1.165) is 0 Å². The largest absolute Gasteiger partial charge is 0.459 e. The molecular weight excluding hydrogens is 356 g/mol. The molecular formula is C22H28O4Si. The molecule has 0 aliphatic carbocycles. The number of ether oxygens (including phenoxy) is 1. The van der Waals surface area contributed by atoms with Crippen LogP contribution in [0.5, 0.6) is 0 Å². The first-order valence-corrected chi connectivity index (χ1v) is 11.1. The van der Waals surface area contributed by atoms with Gasteiger partial charge in [0, 0.05) is 6.42 Å². The average molecular weight is 385 g/mol. The minimum Gasteiger partial charge on any atom is -0.459 e. The molecule has 4 nitrogen and oxygen atoms in total. The molecule has 2 aromatic rings. The van der Waals surface area contributed by atoms with Crippen molar-refractivity contribution in [2.75, 3.05) is 0 Å². The SMILES string of the molecule is CC(C)(C)C(O[SiH](c1ccccc1)c1ccccc1)[C@@H]1C[C@@H](O)CC(=O)O1. The lowest BCUT2D eigenvalue weighted by Crippen LogP contribution is -2.55. The summed E-state index contributed by atoms with van der Waals surface area (Å²) in [6.07, 6.45) is -0.931. The van der Waals surface area contributed by atoms with Crippen molar-refractivity contribution in [3.05, 3.63) is 60.7 Å². The van der Waals surface area contributed by atoms with Gasteiger partial charge in [-0.25, -0.2) is 0 Å². The minimum atomic E-state index is -1.99. The zero-order valence-corrected chi connectivity index (χ0v) is 17.3. The fourth-order valence-electron chi connectivity index (χ4n) is 3.60. The molecule has 3 atom stereocenters. The Bertz CT molecular complexity index is 702. The van der Waals surface area contributed by atoms with Crippen LogP contribution in [-0.2, 0) is 14.0 Å². The molecule has 2 aromatic carbocycles. The number of hydrogen-bond donors (Lipinski definition) is 1. The predicted molar refractivity (Wildman–Crippen MR) is 109 cm³/mol. The second-order valence-electron chi connectivity index (χ2n) is 8.25. The number of esters is 1. The van der Waals surface area contributed by atoms with Crippen LogP contribution in [-0.4, -0.2) is 38.4 Å². The molecule has 1 aliphatic heterocycles. The predicted octanol–water partition coefficient (Wildman–Crippen LogP) is 2.02. The van der Waals surface area contributed by atoms with Gasteiger partial charge < -0.3 is 14.3 Å². The molecule has 144 valence electrons. The number of aliphatic hydroxyl groups is 1. The van der Waals surface area contributed by atoms with Crippen LogP contribution in [0.1, 0.15) is 33.6 Å². The molecule has 1 saturated heterocycles. The van der Waals surface area contributed by atoms with Crippen molar-refractivity contribution < 1.29 is 19.1 Å². The number of carbonyl (C=O) groups excluding carboxylic acids is 1. The Kier molecular flexibility index (Phi) is 6.14. The molecule has 0 saturated carbocycles. The summed E-state index contributed by atoms with van der Waals surface area (Å²) in [5.74, 6) is -0.353. The number of benzene rings is 2. The van der Waals surface area contributed by atoms with Crippen molar-refractivity contribution in [3.8, 4) is 0 Å². The maximum absolute atomic E-state index is 11.9. The van der Waals surface area contributed by atoms with E-state index in [2.05, 4.69) is 45.0 Å². The summed E-state index contributed by atoms with van der Waals surface area (Å²) in [7, 11) is -1.99. The van der Waals surface area contributed by atoms with Gasteiger partial charge in [0.15, 0.2) is 0 Å². The number of carbonyl (C=O) groups is 1. The van der Waals surface area contributed by atoms with Crippen LogP contribution in [0.4, 0.5) is 0 Å². The van der Waals surface area contributed by atoms with Gasteiger partial charge in [0.25, 0.3) is 0 Å². The highest BCUT2D eigenvalue weighted by molar-refractivity contribution is 6.80. The monoisotopic (exact) mass is 384 g/mol. The van der Waals surface area contributed by atoms with Crippen LogP contribution in [0.15, 0.2) is 60.7 Å². The molecule has 1 N–H and O–H groups in total. The van der Waals surface area contributed by atoms with Gasteiger partial charge in [0.05, 0.1) is 18.6 Å². The smallest absolute Gasteiger partial charge is 0.308 e. The van der Waals surface area contributed by atoms with E-state index in [1.807, 2.05) is 36.4 Å². The van der Waals surface area contributed by atoms with Crippen LogP contribution >= 0.6 is 0 Å². The van der Waals surface area contributed by atoms with Crippen molar-refractivity contribution in [2.45, 2.75) is 51.9 Å². The van der Waals surface area contributed by atoms with Crippen LogP contribution in [0, 0.1) is 5.41 Å². The molecule has 5 heteroatoms. The zero-order chi connectivity index (χ0) is 19.4. The first-order valence-electron chi connectivity index (χ1n) is 9.47. The number of aliphatic hydroxyl groups excluding tert-OH is 1. The number of cyclic esters (lactones) is 1. The fraction of sp³-hybridized carbons (Fsp3) is 0.409. The molecule has 0 spiro atoms. The maximum Gasteiger partial charge on any atom is 0.308 e. The Morgan fingerprint density at radius 1 is 1.04 bits per heavy atom. The lowest BCUT2D eigenvalue weighted by Gasteiger charge is -2.41. The molecule has 0 radical (unpaired) electrons. The normalized spacial score (nSPS) is 21.7. The number of rotatable bonds is 5. The van der Waals surface area contributed by atoms with Crippen LogP contribution in [0.2, 0.25) is 0 Å². The lowest BCUT2D eigenvalue weighted by atomic mass is 9.83. The summed E-state index contributed by atoms with van der Waals surface area (Å²) in [5.41, 5.74) is -0.239. The van der Waals surface area contributed by atoms with Crippen LogP contribution in [0.3, 0.4) is 0 Å². The molecule has 1 heterocycles. The van der Waals surface area contributed by atoms with E-state index in [1.54, 1.807) is 0 Å². The highest BCUT2D eigenvalue weighted by Gasteiger charge is 2.41.